The Morgan fingerprint density at radius 1 is 1.25 bits per heavy atom. The van der Waals surface area contributed by atoms with Crippen molar-refractivity contribution >= 4 is 18.6 Å². The summed E-state index contributed by atoms with van der Waals surface area (Å²) in [5.74, 6) is -1.22. The number of carbonyl (C=O) groups excluding carboxylic acids is 1. The van der Waals surface area contributed by atoms with Crippen molar-refractivity contribution in [1.82, 2.24) is 0 Å². The van der Waals surface area contributed by atoms with E-state index in [1.165, 1.54) is 6.07 Å². The van der Waals surface area contributed by atoms with Crippen molar-refractivity contribution < 1.29 is 69.0 Å². The molecule has 1 rings (SSSR count). The van der Waals surface area contributed by atoms with Gasteiger partial charge in [0.2, 0.25) is 0 Å². The number of carbonyl (C=O) groups is 1. The standard InChI is InChI=1S/C7H6O2S.2Na/c8-7(9)5-3-1-2-4-6(5)10;;/h1-4,10H,(H,8,9);;/q;2*+1/p-2. The molecule has 52 valence electrons. The van der Waals surface area contributed by atoms with Crippen LogP contribution in [0.5, 0.6) is 0 Å². The Hall–Kier alpha value is 0.910. The van der Waals surface area contributed by atoms with E-state index in [4.69, 9.17) is 12.6 Å². The number of aromatic carboxylic acids is 1. The zero-order chi connectivity index (χ0) is 7.56. The Balaban J connectivity index is 0. The molecule has 0 aromatic heterocycles. The van der Waals surface area contributed by atoms with E-state index in [1.807, 2.05) is 0 Å². The number of rotatable bonds is 1. The quantitative estimate of drug-likeness (QED) is 0.333. The van der Waals surface area contributed by atoms with Gasteiger partial charge in [0.05, 0.1) is 5.97 Å². The summed E-state index contributed by atoms with van der Waals surface area (Å²) in [6.07, 6.45) is 0. The molecule has 12 heavy (non-hydrogen) atoms. The molecule has 0 aliphatic rings. The number of carboxylic acids is 1. The molecule has 2 nitrogen and oxygen atoms in total. The van der Waals surface area contributed by atoms with Crippen molar-refractivity contribution in [3.05, 3.63) is 29.8 Å². The Morgan fingerprint density at radius 3 is 2.08 bits per heavy atom. The van der Waals surface area contributed by atoms with Crippen molar-refractivity contribution in [2.45, 2.75) is 4.90 Å². The molecule has 0 aliphatic carbocycles. The first-order chi connectivity index (χ1) is 4.72. The molecule has 0 heterocycles. The summed E-state index contributed by atoms with van der Waals surface area (Å²) in [4.78, 5) is 10.6. The number of hydrogen-bond donors (Lipinski definition) is 0. The minimum absolute atomic E-state index is 0. The first-order valence-corrected chi connectivity index (χ1v) is 3.10. The molecule has 0 saturated heterocycles. The fourth-order valence-corrected chi connectivity index (χ4v) is 0.865. The second kappa shape index (κ2) is 7.33. The van der Waals surface area contributed by atoms with Crippen LogP contribution in [0.3, 0.4) is 0 Å². The van der Waals surface area contributed by atoms with E-state index in [-0.39, 0.29) is 64.7 Å². The zero-order valence-corrected chi connectivity index (χ0v) is 11.9. The van der Waals surface area contributed by atoms with Gasteiger partial charge in [0.1, 0.15) is 0 Å². The van der Waals surface area contributed by atoms with Gasteiger partial charge < -0.3 is 22.5 Å². The second-order valence-corrected chi connectivity index (χ2v) is 2.22. The molecule has 0 spiro atoms. The molecule has 0 amide bonds. The van der Waals surface area contributed by atoms with Crippen LogP contribution in [0.2, 0.25) is 0 Å². The van der Waals surface area contributed by atoms with Gasteiger partial charge in [0.25, 0.3) is 0 Å². The molecular formula is C7H4Na2O2S. The third kappa shape index (κ3) is 4.23. The monoisotopic (exact) mass is 198 g/mol. The second-order valence-electron chi connectivity index (χ2n) is 1.78. The van der Waals surface area contributed by atoms with Crippen LogP contribution >= 0.6 is 0 Å². The molecule has 0 saturated carbocycles. The Kier molecular flexibility index (Phi) is 9.39. The normalized spacial score (nSPS) is 7.67. The molecule has 0 unspecified atom stereocenters. The van der Waals surface area contributed by atoms with Gasteiger partial charge in [-0.1, -0.05) is 24.3 Å². The maximum absolute atomic E-state index is 10.2. The summed E-state index contributed by atoms with van der Waals surface area (Å²) >= 11 is 4.71. The summed E-state index contributed by atoms with van der Waals surface area (Å²) < 4.78 is 0. The van der Waals surface area contributed by atoms with E-state index in [1.54, 1.807) is 18.2 Å². The Bertz CT molecular complexity index is 265. The molecule has 1 aromatic rings. The first kappa shape index (κ1) is 15.4. The molecule has 0 aliphatic heterocycles. The molecular weight excluding hydrogens is 194 g/mol. The van der Waals surface area contributed by atoms with Gasteiger partial charge in [-0.15, -0.1) is 0 Å². The maximum atomic E-state index is 10.2. The van der Waals surface area contributed by atoms with Gasteiger partial charge in [0.15, 0.2) is 0 Å². The van der Waals surface area contributed by atoms with Crippen LogP contribution in [0.1, 0.15) is 10.4 Å². The molecule has 0 fully saturated rings. The molecule has 5 heteroatoms. The summed E-state index contributed by atoms with van der Waals surface area (Å²) in [6, 6.07) is 6.29. The van der Waals surface area contributed by atoms with E-state index in [2.05, 4.69) is 0 Å². The first-order valence-electron chi connectivity index (χ1n) is 2.69. The predicted molar refractivity (Wildman–Crippen MR) is 36.4 cm³/mol. The van der Waals surface area contributed by atoms with Crippen LogP contribution in [0.25, 0.3) is 0 Å². The van der Waals surface area contributed by atoms with Crippen molar-refractivity contribution in [3.8, 4) is 0 Å². The van der Waals surface area contributed by atoms with Crippen molar-refractivity contribution in [2.75, 3.05) is 0 Å². The Labute approximate surface area is 121 Å². The van der Waals surface area contributed by atoms with E-state index in [0.717, 1.165) is 0 Å². The minimum Gasteiger partial charge on any atom is -0.779 e. The third-order valence-corrected chi connectivity index (χ3v) is 1.46. The van der Waals surface area contributed by atoms with Crippen LogP contribution in [0, 0.1) is 0 Å². The molecule has 0 radical (unpaired) electrons. The van der Waals surface area contributed by atoms with Crippen LogP contribution < -0.4 is 64.2 Å². The van der Waals surface area contributed by atoms with Crippen molar-refractivity contribution in [3.63, 3.8) is 0 Å². The average Bonchev–Trinajstić information content (AvgIpc) is 1.88. The molecule has 0 N–H and O–H groups in total. The smallest absolute Gasteiger partial charge is 0.779 e. The summed E-state index contributed by atoms with van der Waals surface area (Å²) in [7, 11) is 0. The average molecular weight is 198 g/mol. The predicted octanol–water partition coefficient (Wildman–Crippen LogP) is -6.04. The summed E-state index contributed by atoms with van der Waals surface area (Å²) in [6.45, 7) is 0. The fraction of sp³-hybridized carbons (Fsp3) is 0. The van der Waals surface area contributed by atoms with Crippen LogP contribution in [-0.2, 0) is 12.6 Å². The topological polar surface area (TPSA) is 40.1 Å². The van der Waals surface area contributed by atoms with E-state index < -0.39 is 5.97 Å². The van der Waals surface area contributed by atoms with Gasteiger partial charge in [0, 0.05) is 0 Å². The van der Waals surface area contributed by atoms with E-state index in [9.17, 15) is 9.90 Å². The van der Waals surface area contributed by atoms with Gasteiger partial charge >= 0.3 is 59.1 Å². The maximum Gasteiger partial charge on any atom is 1.00 e. The van der Waals surface area contributed by atoms with Gasteiger partial charge in [-0.25, -0.2) is 0 Å². The number of benzene rings is 1. The number of hydrogen-bond acceptors (Lipinski definition) is 3. The van der Waals surface area contributed by atoms with E-state index >= 15 is 0 Å². The fourth-order valence-electron chi connectivity index (χ4n) is 0.635. The van der Waals surface area contributed by atoms with E-state index in [0.29, 0.717) is 4.90 Å². The van der Waals surface area contributed by atoms with Gasteiger partial charge in [-0.3, -0.25) is 0 Å². The van der Waals surface area contributed by atoms with Gasteiger partial charge in [-0.2, -0.15) is 4.90 Å². The van der Waals surface area contributed by atoms with Crippen molar-refractivity contribution in [2.24, 2.45) is 0 Å². The molecule has 0 bridgehead atoms. The summed E-state index contributed by atoms with van der Waals surface area (Å²) in [5.41, 5.74) is 0.0810. The summed E-state index contributed by atoms with van der Waals surface area (Å²) in [5, 5.41) is 10.2. The van der Waals surface area contributed by atoms with Crippen LogP contribution in [0.4, 0.5) is 0 Å². The zero-order valence-electron chi connectivity index (χ0n) is 7.03. The molecule has 0 atom stereocenters. The molecule has 1 aromatic carbocycles. The third-order valence-electron chi connectivity index (χ3n) is 1.11. The van der Waals surface area contributed by atoms with Crippen LogP contribution in [0.15, 0.2) is 29.2 Å². The van der Waals surface area contributed by atoms with Gasteiger partial charge in [-0.05, 0) is 5.56 Å². The number of carboxylic acid groups (broad SMARTS) is 1. The largest absolute Gasteiger partial charge is 1.00 e. The Morgan fingerprint density at radius 2 is 1.75 bits per heavy atom. The van der Waals surface area contributed by atoms with Crippen LogP contribution in [-0.4, -0.2) is 5.97 Å². The van der Waals surface area contributed by atoms with Crippen molar-refractivity contribution in [1.29, 1.82) is 0 Å². The minimum atomic E-state index is -1.22. The SMILES string of the molecule is O=C([O-])c1ccccc1[S-].[Na+].[Na+].